The van der Waals surface area contributed by atoms with Crippen LogP contribution in [0, 0.1) is 0 Å². The Morgan fingerprint density at radius 3 is 1.00 bits per heavy atom. The van der Waals surface area contributed by atoms with Crippen molar-refractivity contribution in [2.45, 2.75) is 0 Å². The molecular formula is H3HfO3P. The van der Waals surface area contributed by atoms with Crippen molar-refractivity contribution in [2.24, 2.45) is 0 Å². The number of rotatable bonds is 0. The van der Waals surface area contributed by atoms with Gasteiger partial charge in [0.1, 0.15) is 0 Å². The van der Waals surface area contributed by atoms with Crippen LogP contribution in [0.3, 0.4) is 0 Å². The van der Waals surface area contributed by atoms with Gasteiger partial charge in [-0.05, 0) is 0 Å². The van der Waals surface area contributed by atoms with Gasteiger partial charge in [-0.1, -0.05) is 0 Å². The van der Waals surface area contributed by atoms with Gasteiger partial charge in [0.05, 0.1) is 0 Å². The first-order valence-corrected chi connectivity index (χ1v) is 1.80. The molecule has 5 heteroatoms. The van der Waals surface area contributed by atoms with Crippen molar-refractivity contribution in [1.82, 2.24) is 0 Å². The molecule has 0 spiro atoms. The van der Waals surface area contributed by atoms with Crippen LogP contribution in [0.25, 0.3) is 0 Å². The molecule has 3 nitrogen and oxygen atoms in total. The predicted molar refractivity (Wildman–Crippen MR) is 13.6 cm³/mol. The summed E-state index contributed by atoms with van der Waals surface area (Å²) < 4.78 is 0. The van der Waals surface area contributed by atoms with Crippen molar-refractivity contribution in [3.8, 4) is 0 Å². The van der Waals surface area contributed by atoms with E-state index in [4.69, 9.17) is 14.7 Å². The molecule has 3 N–H and O–H groups in total. The first-order valence-electron chi connectivity index (χ1n) is 0.600. The topological polar surface area (TPSA) is 60.7 Å². The van der Waals surface area contributed by atoms with Crippen molar-refractivity contribution < 1.29 is 40.5 Å². The monoisotopic (exact) mass is 262 g/mol. The fraction of sp³-hybridized carbons (Fsp3) is 0. The van der Waals surface area contributed by atoms with Gasteiger partial charge in [0, 0.05) is 25.8 Å². The first-order chi connectivity index (χ1) is 1.73. The molecule has 0 amide bonds. The van der Waals surface area contributed by atoms with E-state index >= 15 is 0 Å². The van der Waals surface area contributed by atoms with Gasteiger partial charge in [-0.3, -0.25) is 0 Å². The van der Waals surface area contributed by atoms with E-state index in [0.717, 1.165) is 0 Å². The van der Waals surface area contributed by atoms with E-state index in [9.17, 15) is 0 Å². The smallest absolute Gasteiger partial charge is 0.324 e. The van der Waals surface area contributed by atoms with Gasteiger partial charge in [0.25, 0.3) is 0 Å². The minimum Gasteiger partial charge on any atom is -0.328 e. The van der Waals surface area contributed by atoms with Crippen LogP contribution in [-0.2, 0) is 25.8 Å². The van der Waals surface area contributed by atoms with Crippen molar-refractivity contribution in [3.05, 3.63) is 0 Å². The van der Waals surface area contributed by atoms with Gasteiger partial charge < -0.3 is 14.7 Å². The van der Waals surface area contributed by atoms with E-state index in [2.05, 4.69) is 0 Å². The Morgan fingerprint density at radius 2 is 1.00 bits per heavy atom. The van der Waals surface area contributed by atoms with Crippen LogP contribution >= 0.6 is 8.60 Å². The molecule has 0 rings (SSSR count). The molecule has 0 unspecified atom stereocenters. The zero-order chi connectivity index (χ0) is 3.58. The Labute approximate surface area is 49.4 Å². The zero-order valence-electron chi connectivity index (χ0n) is 2.29. The maximum absolute atomic E-state index is 7.23. The quantitative estimate of drug-likeness (QED) is 0.394. The van der Waals surface area contributed by atoms with Crippen molar-refractivity contribution in [2.75, 3.05) is 0 Å². The predicted octanol–water partition coefficient (Wildman–Crippen LogP) is -0.812. The Hall–Kier alpha value is 1.18. The first kappa shape index (κ1) is 9.49. The molecule has 0 radical (unpaired) electrons. The molecule has 0 saturated heterocycles. The van der Waals surface area contributed by atoms with E-state index in [1.807, 2.05) is 0 Å². The second-order valence-corrected chi connectivity index (χ2v) is 0.805. The molecule has 0 aromatic heterocycles. The Bertz CT molecular complexity index is 11.6. The molecule has 0 atom stereocenters. The van der Waals surface area contributed by atoms with Crippen LogP contribution < -0.4 is 0 Å². The van der Waals surface area contributed by atoms with Gasteiger partial charge in [0.15, 0.2) is 0 Å². The molecule has 0 bridgehead atoms. The minimum atomic E-state index is -2.62. The van der Waals surface area contributed by atoms with Gasteiger partial charge >= 0.3 is 8.60 Å². The third-order valence-corrected chi connectivity index (χ3v) is 0. The molecular weight excluding hydrogens is 257 g/mol. The standard InChI is InChI=1S/Hf.H3O3P/c;1-4(2)3/h;1-3H. The molecule has 0 aliphatic carbocycles. The van der Waals surface area contributed by atoms with Gasteiger partial charge in [-0.15, -0.1) is 0 Å². The normalized spacial score (nSPS) is 7.20. The molecule has 0 saturated carbocycles. The molecule has 0 heterocycles. The third-order valence-electron chi connectivity index (χ3n) is 0. The Balaban J connectivity index is 0. The van der Waals surface area contributed by atoms with Crippen molar-refractivity contribution >= 4 is 8.60 Å². The molecule has 0 fully saturated rings. The zero-order valence-corrected chi connectivity index (χ0v) is 6.78. The van der Waals surface area contributed by atoms with Crippen LogP contribution in [0.2, 0.25) is 0 Å². The second-order valence-electron chi connectivity index (χ2n) is 0.268. The van der Waals surface area contributed by atoms with E-state index in [-0.39, 0.29) is 25.8 Å². The molecule has 30 valence electrons. The Kier molecular flexibility index (Phi) is 9.83. The number of hydrogen-bond donors (Lipinski definition) is 3. The maximum Gasteiger partial charge on any atom is 0.324 e. The summed E-state index contributed by atoms with van der Waals surface area (Å²) in [5, 5.41) is 0. The third kappa shape index (κ3) is 37.6. The summed E-state index contributed by atoms with van der Waals surface area (Å²) in [4.78, 5) is 21.7. The van der Waals surface area contributed by atoms with Gasteiger partial charge in [0.2, 0.25) is 0 Å². The van der Waals surface area contributed by atoms with Crippen LogP contribution in [-0.4, -0.2) is 14.7 Å². The van der Waals surface area contributed by atoms with E-state index in [0.29, 0.717) is 0 Å². The summed E-state index contributed by atoms with van der Waals surface area (Å²) in [5.41, 5.74) is 0. The van der Waals surface area contributed by atoms with E-state index in [1.165, 1.54) is 0 Å². The van der Waals surface area contributed by atoms with E-state index in [1.54, 1.807) is 0 Å². The summed E-state index contributed by atoms with van der Waals surface area (Å²) in [5.74, 6) is 0. The van der Waals surface area contributed by atoms with Crippen LogP contribution in [0.1, 0.15) is 0 Å². The van der Waals surface area contributed by atoms with Crippen LogP contribution in [0.15, 0.2) is 0 Å². The average molecular weight is 260 g/mol. The minimum absolute atomic E-state index is 0. The van der Waals surface area contributed by atoms with E-state index < -0.39 is 8.60 Å². The molecule has 0 aromatic rings. The number of hydrogen-bond acceptors (Lipinski definition) is 3. The molecule has 5 heavy (non-hydrogen) atoms. The summed E-state index contributed by atoms with van der Waals surface area (Å²) >= 11 is 0. The largest absolute Gasteiger partial charge is 0.328 e. The summed E-state index contributed by atoms with van der Waals surface area (Å²) in [6.07, 6.45) is 0. The van der Waals surface area contributed by atoms with Gasteiger partial charge in [-0.25, -0.2) is 0 Å². The molecule has 0 aliphatic heterocycles. The fourth-order valence-electron chi connectivity index (χ4n) is 0. The average Bonchev–Trinajstić information content (AvgIpc) is 0.811. The fourth-order valence-corrected chi connectivity index (χ4v) is 0. The molecule has 0 aliphatic rings. The summed E-state index contributed by atoms with van der Waals surface area (Å²) in [6.45, 7) is 0. The second kappa shape index (κ2) is 5.18. The van der Waals surface area contributed by atoms with Crippen molar-refractivity contribution in [1.29, 1.82) is 0 Å². The van der Waals surface area contributed by atoms with Gasteiger partial charge in [-0.2, -0.15) is 0 Å². The SMILES string of the molecule is OP(O)O.[Hf]. The maximum atomic E-state index is 7.23. The summed E-state index contributed by atoms with van der Waals surface area (Å²) in [6, 6.07) is 0. The van der Waals surface area contributed by atoms with Crippen LogP contribution in [0.5, 0.6) is 0 Å². The Morgan fingerprint density at radius 1 is 1.00 bits per heavy atom. The molecule has 0 aromatic carbocycles. The van der Waals surface area contributed by atoms with Crippen molar-refractivity contribution in [3.63, 3.8) is 0 Å². The summed E-state index contributed by atoms with van der Waals surface area (Å²) in [7, 11) is -2.62. The van der Waals surface area contributed by atoms with Crippen LogP contribution in [0.4, 0.5) is 0 Å².